The van der Waals surface area contributed by atoms with Gasteiger partial charge in [0.15, 0.2) is 0 Å². The van der Waals surface area contributed by atoms with Gasteiger partial charge in [-0.2, -0.15) is 13.2 Å². The van der Waals surface area contributed by atoms with Crippen LogP contribution < -0.4 is 15.9 Å². The summed E-state index contributed by atoms with van der Waals surface area (Å²) in [4.78, 5) is 12.8. The molecule has 2 aromatic rings. The summed E-state index contributed by atoms with van der Waals surface area (Å²) in [6.45, 7) is 2.63. The Morgan fingerprint density at radius 3 is 2.76 bits per heavy atom. The van der Waals surface area contributed by atoms with Crippen molar-refractivity contribution in [1.82, 2.24) is 19.8 Å². The SMILES string of the molecule is COCCC1CN(C2=c3ncccc3=CNc3sc(C(F)(F)F)nc32)CCN1CCCF.Cl.Cl. The van der Waals surface area contributed by atoms with Crippen LogP contribution in [0.3, 0.4) is 0 Å². The van der Waals surface area contributed by atoms with E-state index in [-0.39, 0.29) is 43.2 Å². The zero-order valence-electron chi connectivity index (χ0n) is 18.5. The van der Waals surface area contributed by atoms with Crippen molar-refractivity contribution in [3.63, 3.8) is 0 Å². The van der Waals surface area contributed by atoms with Gasteiger partial charge in [0.05, 0.1) is 17.7 Å². The van der Waals surface area contributed by atoms with Crippen LogP contribution >= 0.6 is 36.2 Å². The Hall–Kier alpha value is -1.66. The number of methoxy groups -OCH3 is 1. The fourth-order valence-electron chi connectivity index (χ4n) is 4.17. The molecule has 1 saturated heterocycles. The number of pyridine rings is 1. The van der Waals surface area contributed by atoms with Gasteiger partial charge in [-0.1, -0.05) is 11.3 Å². The monoisotopic (exact) mass is 543 g/mol. The smallest absolute Gasteiger partial charge is 0.385 e. The molecule has 0 aromatic carbocycles. The number of hydrogen-bond acceptors (Lipinski definition) is 7. The second-order valence-electron chi connectivity index (χ2n) is 7.73. The molecular weight excluding hydrogens is 517 g/mol. The summed E-state index contributed by atoms with van der Waals surface area (Å²) in [7, 11) is 1.63. The zero-order chi connectivity index (χ0) is 22.7. The number of nitrogens with one attached hydrogen (secondary N) is 1. The molecule has 2 aromatic heterocycles. The van der Waals surface area contributed by atoms with Crippen LogP contribution in [0.2, 0.25) is 0 Å². The first kappa shape index (κ1) is 28.6. The number of fused-ring (bicyclic) bond motifs is 2. The zero-order valence-corrected chi connectivity index (χ0v) is 20.9. The molecule has 1 atom stereocenters. The molecule has 13 heteroatoms. The van der Waals surface area contributed by atoms with Crippen LogP contribution in [0.1, 0.15) is 23.5 Å². The highest BCUT2D eigenvalue weighted by Gasteiger charge is 2.38. The third-order valence-corrected chi connectivity index (χ3v) is 6.70. The molecule has 0 radical (unpaired) electrons. The lowest BCUT2D eigenvalue weighted by atomic mass is 10.1. The molecule has 2 aliphatic heterocycles. The van der Waals surface area contributed by atoms with Crippen molar-refractivity contribution in [2.24, 2.45) is 0 Å². The standard InChI is InChI=1S/C21H25F4N5OS.2ClH/c1-31-11-5-15-13-30(10-9-29(15)8-3-6-22)18-16-14(4-2-7-26-16)12-27-19-17(18)28-20(32-19)21(23,24)25;;/h2,4,7,12,15,27H,3,5-6,8-11,13H2,1H3;2*1H. The number of anilines is 1. The minimum Gasteiger partial charge on any atom is -0.385 e. The van der Waals surface area contributed by atoms with Gasteiger partial charge in [0.1, 0.15) is 10.7 Å². The van der Waals surface area contributed by atoms with Crippen LogP contribution in [-0.4, -0.2) is 72.4 Å². The number of halogens is 6. The van der Waals surface area contributed by atoms with Crippen molar-refractivity contribution in [3.8, 4) is 0 Å². The van der Waals surface area contributed by atoms with E-state index in [0.29, 0.717) is 66.6 Å². The average Bonchev–Trinajstić information content (AvgIpc) is 3.14. The molecule has 0 spiro atoms. The molecule has 1 N–H and O–H groups in total. The highest BCUT2D eigenvalue weighted by atomic mass is 35.5. The van der Waals surface area contributed by atoms with Crippen LogP contribution in [0.5, 0.6) is 0 Å². The molecule has 6 nitrogen and oxygen atoms in total. The number of alkyl halides is 4. The van der Waals surface area contributed by atoms with Crippen molar-refractivity contribution in [1.29, 1.82) is 0 Å². The summed E-state index contributed by atoms with van der Waals surface area (Å²) >= 11 is 0.594. The maximum absolute atomic E-state index is 13.4. The molecule has 2 aliphatic rings. The van der Waals surface area contributed by atoms with Gasteiger partial charge in [0.2, 0.25) is 5.01 Å². The molecule has 4 heterocycles. The number of nitrogens with zero attached hydrogens (tertiary/aromatic N) is 4. The van der Waals surface area contributed by atoms with Crippen molar-refractivity contribution >= 4 is 53.0 Å². The summed E-state index contributed by atoms with van der Waals surface area (Å²) in [6.07, 6.45) is -0.0259. The van der Waals surface area contributed by atoms with Crippen LogP contribution in [0.25, 0.3) is 11.9 Å². The van der Waals surface area contributed by atoms with E-state index in [2.05, 4.69) is 25.1 Å². The summed E-state index contributed by atoms with van der Waals surface area (Å²) < 4.78 is 58.3. The Kier molecular flexibility index (Phi) is 10.4. The van der Waals surface area contributed by atoms with Gasteiger partial charge < -0.3 is 15.0 Å². The van der Waals surface area contributed by atoms with Crippen LogP contribution in [0.4, 0.5) is 22.6 Å². The van der Waals surface area contributed by atoms with E-state index >= 15 is 0 Å². The summed E-state index contributed by atoms with van der Waals surface area (Å²) in [5.74, 6) is 0. The predicted molar refractivity (Wildman–Crippen MR) is 130 cm³/mol. The fraction of sp³-hybridized carbons (Fsp3) is 0.524. The molecule has 0 aliphatic carbocycles. The number of thiazole rings is 1. The second-order valence-corrected chi connectivity index (χ2v) is 8.73. The molecule has 0 bridgehead atoms. The van der Waals surface area contributed by atoms with Gasteiger partial charge in [-0.3, -0.25) is 14.3 Å². The van der Waals surface area contributed by atoms with Crippen molar-refractivity contribution in [3.05, 3.63) is 39.6 Å². The molecule has 0 amide bonds. The van der Waals surface area contributed by atoms with Crippen LogP contribution in [0.15, 0.2) is 18.3 Å². The maximum atomic E-state index is 13.4. The van der Waals surface area contributed by atoms with E-state index in [9.17, 15) is 17.6 Å². The Balaban J connectivity index is 0.00000204. The van der Waals surface area contributed by atoms with Crippen molar-refractivity contribution < 1.29 is 22.3 Å². The Morgan fingerprint density at radius 1 is 1.26 bits per heavy atom. The molecule has 4 rings (SSSR count). The van der Waals surface area contributed by atoms with Gasteiger partial charge in [-0.15, -0.1) is 24.8 Å². The number of aromatic nitrogens is 2. The average molecular weight is 544 g/mol. The largest absolute Gasteiger partial charge is 0.443 e. The van der Waals surface area contributed by atoms with Gasteiger partial charge in [0.25, 0.3) is 0 Å². The quantitative estimate of drug-likeness (QED) is 0.541. The Bertz CT molecular complexity index is 1070. The molecule has 1 unspecified atom stereocenters. The maximum Gasteiger partial charge on any atom is 0.443 e. The number of ether oxygens (including phenoxy) is 1. The van der Waals surface area contributed by atoms with Crippen molar-refractivity contribution in [2.45, 2.75) is 25.1 Å². The summed E-state index contributed by atoms with van der Waals surface area (Å²) in [6, 6.07) is 3.74. The lowest BCUT2D eigenvalue weighted by Gasteiger charge is -2.43. The van der Waals surface area contributed by atoms with Crippen LogP contribution in [0, 0.1) is 0 Å². The molecule has 190 valence electrons. The second kappa shape index (κ2) is 12.3. The lowest BCUT2D eigenvalue weighted by Crippen LogP contribution is -2.54. The Labute approximate surface area is 211 Å². The molecular formula is C21H27Cl2F4N5OS. The molecule has 0 saturated carbocycles. The first-order valence-corrected chi connectivity index (χ1v) is 11.3. The third-order valence-electron chi connectivity index (χ3n) is 5.67. The normalized spacial score (nSPS) is 18.0. The minimum absolute atomic E-state index is 0. The van der Waals surface area contributed by atoms with Crippen LogP contribution in [-0.2, 0) is 10.9 Å². The topological polar surface area (TPSA) is 53.5 Å². The van der Waals surface area contributed by atoms with E-state index in [1.807, 2.05) is 6.07 Å². The Morgan fingerprint density at radius 2 is 2.06 bits per heavy atom. The van der Waals surface area contributed by atoms with E-state index in [1.165, 1.54) is 0 Å². The van der Waals surface area contributed by atoms with Crippen molar-refractivity contribution in [2.75, 3.05) is 51.9 Å². The fourth-order valence-corrected chi connectivity index (χ4v) is 4.97. The first-order chi connectivity index (χ1) is 15.4. The summed E-state index contributed by atoms with van der Waals surface area (Å²) in [5, 5.41) is 3.84. The number of piperazine rings is 1. The van der Waals surface area contributed by atoms with Gasteiger partial charge in [0, 0.05) is 63.6 Å². The van der Waals surface area contributed by atoms with Gasteiger partial charge in [-0.05, 0) is 25.0 Å². The van der Waals surface area contributed by atoms with E-state index < -0.39 is 11.2 Å². The predicted octanol–water partition coefficient (Wildman–Crippen LogP) is 3.10. The van der Waals surface area contributed by atoms with E-state index in [0.717, 1.165) is 11.6 Å². The number of hydrogen-bond donors (Lipinski definition) is 1. The highest BCUT2D eigenvalue weighted by Crippen LogP contribution is 2.40. The minimum atomic E-state index is -4.53. The molecule has 34 heavy (non-hydrogen) atoms. The first-order valence-electron chi connectivity index (χ1n) is 10.5. The van der Waals surface area contributed by atoms with E-state index in [4.69, 9.17) is 4.74 Å². The number of rotatable bonds is 7. The lowest BCUT2D eigenvalue weighted by molar-refractivity contribution is -0.137. The third kappa shape index (κ3) is 6.12. The van der Waals surface area contributed by atoms with Gasteiger partial charge >= 0.3 is 6.18 Å². The molecule has 1 fully saturated rings. The highest BCUT2D eigenvalue weighted by molar-refractivity contribution is 7.16. The van der Waals surface area contributed by atoms with E-state index in [1.54, 1.807) is 25.6 Å². The van der Waals surface area contributed by atoms with Gasteiger partial charge in [-0.25, -0.2) is 4.98 Å². The summed E-state index contributed by atoms with van der Waals surface area (Å²) in [5.41, 5.74) is 0.856.